The van der Waals surface area contributed by atoms with Gasteiger partial charge in [-0.15, -0.1) is 0 Å². The molecule has 108 valence electrons. The minimum atomic E-state index is 0.144. The predicted molar refractivity (Wildman–Crippen MR) is 78.0 cm³/mol. The number of benzene rings is 1. The summed E-state index contributed by atoms with van der Waals surface area (Å²) >= 11 is 0. The number of rotatable bonds is 7. The maximum absolute atomic E-state index is 5.58. The van der Waals surface area contributed by atoms with E-state index in [2.05, 4.69) is 22.2 Å². The van der Waals surface area contributed by atoms with E-state index in [9.17, 15) is 0 Å². The Bertz CT molecular complexity index is 526. The summed E-state index contributed by atoms with van der Waals surface area (Å²) in [5.41, 5.74) is 1.07. The van der Waals surface area contributed by atoms with Crippen molar-refractivity contribution in [3.8, 4) is 11.5 Å². The summed E-state index contributed by atoms with van der Waals surface area (Å²) in [6.45, 7) is 5.34. The molecular formula is C15H21N3O2. The van der Waals surface area contributed by atoms with Crippen LogP contribution in [0.25, 0.3) is 0 Å². The molecule has 1 atom stereocenters. The molecule has 0 aliphatic carbocycles. The third kappa shape index (κ3) is 3.30. The third-order valence-electron chi connectivity index (χ3n) is 3.09. The lowest BCUT2D eigenvalue weighted by Gasteiger charge is -2.16. The zero-order valence-electron chi connectivity index (χ0n) is 12.1. The van der Waals surface area contributed by atoms with Crippen LogP contribution in [0.2, 0.25) is 0 Å². The van der Waals surface area contributed by atoms with E-state index in [1.165, 1.54) is 0 Å². The summed E-state index contributed by atoms with van der Waals surface area (Å²) < 4.78 is 11.0. The van der Waals surface area contributed by atoms with Crippen LogP contribution in [0.15, 0.2) is 30.6 Å². The largest absolute Gasteiger partial charge is 0.493 e. The van der Waals surface area contributed by atoms with Crippen molar-refractivity contribution < 1.29 is 9.47 Å². The second-order valence-corrected chi connectivity index (χ2v) is 4.46. The fourth-order valence-electron chi connectivity index (χ4n) is 2.08. The monoisotopic (exact) mass is 275 g/mol. The molecule has 0 amide bonds. The summed E-state index contributed by atoms with van der Waals surface area (Å²) in [4.78, 5) is 7.35. The first kappa shape index (κ1) is 14.4. The third-order valence-corrected chi connectivity index (χ3v) is 3.09. The van der Waals surface area contributed by atoms with E-state index in [-0.39, 0.29) is 6.04 Å². The first-order chi connectivity index (χ1) is 9.76. The zero-order chi connectivity index (χ0) is 14.4. The second kappa shape index (κ2) is 6.96. The average Bonchev–Trinajstić information content (AvgIpc) is 2.99. The molecule has 2 aromatic rings. The number of hydrogen-bond donors (Lipinski definition) is 2. The Balaban J connectivity index is 2.07. The first-order valence-electron chi connectivity index (χ1n) is 6.77. The van der Waals surface area contributed by atoms with Crippen molar-refractivity contribution in [2.24, 2.45) is 0 Å². The van der Waals surface area contributed by atoms with Crippen molar-refractivity contribution >= 4 is 0 Å². The smallest absolute Gasteiger partial charge is 0.165 e. The zero-order valence-corrected chi connectivity index (χ0v) is 12.1. The van der Waals surface area contributed by atoms with E-state index in [0.29, 0.717) is 13.2 Å². The fourth-order valence-corrected chi connectivity index (χ4v) is 2.08. The van der Waals surface area contributed by atoms with Gasteiger partial charge in [0.2, 0.25) is 0 Å². The van der Waals surface area contributed by atoms with Gasteiger partial charge in [0.25, 0.3) is 0 Å². The van der Waals surface area contributed by atoms with E-state index < -0.39 is 0 Å². The van der Waals surface area contributed by atoms with Crippen LogP contribution in [0, 0.1) is 0 Å². The second-order valence-electron chi connectivity index (χ2n) is 4.46. The lowest BCUT2D eigenvalue weighted by atomic mass is 10.1. The minimum absolute atomic E-state index is 0.144. The highest BCUT2D eigenvalue weighted by molar-refractivity contribution is 5.46. The summed E-state index contributed by atoms with van der Waals surface area (Å²) in [7, 11) is 1.66. The average molecular weight is 275 g/mol. The van der Waals surface area contributed by atoms with E-state index >= 15 is 0 Å². The molecule has 20 heavy (non-hydrogen) atoms. The fraction of sp³-hybridized carbons (Fsp3) is 0.400. The summed E-state index contributed by atoms with van der Waals surface area (Å²) in [5.74, 6) is 2.48. The van der Waals surface area contributed by atoms with Crippen LogP contribution in [-0.4, -0.2) is 23.7 Å². The molecule has 1 heterocycles. The Morgan fingerprint density at radius 3 is 2.90 bits per heavy atom. The number of aromatic nitrogens is 2. The topological polar surface area (TPSA) is 59.2 Å². The summed E-state index contributed by atoms with van der Waals surface area (Å²) in [5, 5.41) is 3.42. The van der Waals surface area contributed by atoms with E-state index in [4.69, 9.17) is 9.47 Å². The Labute approximate surface area is 119 Å². The molecule has 0 aliphatic heterocycles. The SMILES string of the molecule is CCOc1cccc(CNC(C)c2ncc[nH]2)c1OC. The summed E-state index contributed by atoms with van der Waals surface area (Å²) in [6, 6.07) is 6.07. The number of H-pyrrole nitrogens is 1. The number of aromatic amines is 1. The van der Waals surface area contributed by atoms with E-state index in [1.54, 1.807) is 13.3 Å². The lowest BCUT2D eigenvalue weighted by molar-refractivity contribution is 0.308. The first-order valence-corrected chi connectivity index (χ1v) is 6.77. The van der Waals surface area contributed by atoms with Crippen molar-refractivity contribution in [1.82, 2.24) is 15.3 Å². The van der Waals surface area contributed by atoms with Gasteiger partial charge in [-0.25, -0.2) is 4.98 Å². The molecule has 2 N–H and O–H groups in total. The van der Waals surface area contributed by atoms with Crippen LogP contribution < -0.4 is 14.8 Å². The Morgan fingerprint density at radius 2 is 2.25 bits per heavy atom. The minimum Gasteiger partial charge on any atom is -0.493 e. The molecule has 1 aromatic carbocycles. The van der Waals surface area contributed by atoms with Gasteiger partial charge in [0.05, 0.1) is 19.8 Å². The van der Waals surface area contributed by atoms with Gasteiger partial charge in [-0.05, 0) is 19.9 Å². The van der Waals surface area contributed by atoms with Crippen LogP contribution in [0.3, 0.4) is 0 Å². The highest BCUT2D eigenvalue weighted by atomic mass is 16.5. The maximum Gasteiger partial charge on any atom is 0.165 e. The lowest BCUT2D eigenvalue weighted by Crippen LogP contribution is -2.19. The quantitative estimate of drug-likeness (QED) is 0.815. The molecule has 0 saturated carbocycles. The van der Waals surface area contributed by atoms with E-state index in [1.807, 2.05) is 31.3 Å². The highest BCUT2D eigenvalue weighted by Crippen LogP contribution is 2.31. The Hall–Kier alpha value is -2.01. The standard InChI is InChI=1S/C15H21N3O2/c1-4-20-13-7-5-6-12(14(13)19-3)10-18-11(2)15-16-8-9-17-15/h5-9,11,18H,4,10H2,1-3H3,(H,16,17). The maximum atomic E-state index is 5.58. The predicted octanol–water partition coefficient (Wildman–Crippen LogP) is 2.67. The number of nitrogens with one attached hydrogen (secondary N) is 2. The molecule has 0 saturated heterocycles. The van der Waals surface area contributed by atoms with Crippen molar-refractivity contribution in [1.29, 1.82) is 0 Å². The van der Waals surface area contributed by atoms with Crippen molar-refractivity contribution in [2.45, 2.75) is 26.4 Å². The molecule has 0 fully saturated rings. The molecule has 0 radical (unpaired) electrons. The van der Waals surface area contributed by atoms with Gasteiger partial charge in [-0.3, -0.25) is 0 Å². The molecule has 2 rings (SSSR count). The highest BCUT2D eigenvalue weighted by Gasteiger charge is 2.12. The molecule has 5 heteroatoms. The van der Waals surface area contributed by atoms with Crippen LogP contribution in [0.5, 0.6) is 11.5 Å². The van der Waals surface area contributed by atoms with Gasteiger partial charge in [0, 0.05) is 24.5 Å². The van der Waals surface area contributed by atoms with Crippen LogP contribution in [0.1, 0.15) is 31.3 Å². The van der Waals surface area contributed by atoms with Crippen LogP contribution >= 0.6 is 0 Å². The number of hydrogen-bond acceptors (Lipinski definition) is 4. The molecule has 0 bridgehead atoms. The van der Waals surface area contributed by atoms with Gasteiger partial charge in [0.15, 0.2) is 11.5 Å². The molecule has 0 spiro atoms. The van der Waals surface area contributed by atoms with Crippen molar-refractivity contribution in [2.75, 3.05) is 13.7 Å². The van der Waals surface area contributed by atoms with Gasteiger partial charge in [-0.2, -0.15) is 0 Å². The van der Waals surface area contributed by atoms with Crippen molar-refractivity contribution in [3.63, 3.8) is 0 Å². The summed E-state index contributed by atoms with van der Waals surface area (Å²) in [6.07, 6.45) is 3.58. The number of nitrogens with zero attached hydrogens (tertiary/aromatic N) is 1. The number of para-hydroxylation sites is 1. The van der Waals surface area contributed by atoms with Crippen LogP contribution in [0.4, 0.5) is 0 Å². The van der Waals surface area contributed by atoms with Crippen LogP contribution in [-0.2, 0) is 6.54 Å². The number of imidazole rings is 1. The van der Waals surface area contributed by atoms with Gasteiger partial charge in [0.1, 0.15) is 5.82 Å². The van der Waals surface area contributed by atoms with Gasteiger partial charge in [-0.1, -0.05) is 12.1 Å². The van der Waals surface area contributed by atoms with Gasteiger partial charge < -0.3 is 19.8 Å². The Morgan fingerprint density at radius 1 is 1.40 bits per heavy atom. The normalized spacial score (nSPS) is 12.2. The molecular weight excluding hydrogens is 254 g/mol. The molecule has 1 unspecified atom stereocenters. The van der Waals surface area contributed by atoms with Gasteiger partial charge >= 0.3 is 0 Å². The number of ether oxygens (including phenoxy) is 2. The molecule has 5 nitrogen and oxygen atoms in total. The van der Waals surface area contributed by atoms with Crippen molar-refractivity contribution in [3.05, 3.63) is 42.0 Å². The number of methoxy groups -OCH3 is 1. The molecule has 1 aromatic heterocycles. The molecule has 0 aliphatic rings. The Kier molecular flexibility index (Phi) is 5.01. The van der Waals surface area contributed by atoms with E-state index in [0.717, 1.165) is 22.9 Å².